The van der Waals surface area contributed by atoms with Gasteiger partial charge in [-0.05, 0) is 45.1 Å². The fourth-order valence-corrected chi connectivity index (χ4v) is 2.76. The number of nitrogens with two attached hydrogens (primary N) is 1. The Labute approximate surface area is 169 Å². The molecule has 1 unspecified atom stereocenters. The normalized spacial score (nSPS) is 12.0. The molecule has 4 N–H and O–H groups in total. The molecule has 0 aliphatic rings. The number of rotatable bonds is 8. The minimum Gasteiger partial charge on any atom is -0.383 e. The maximum atomic E-state index is 13.2. The summed E-state index contributed by atoms with van der Waals surface area (Å²) >= 11 is 0. The van der Waals surface area contributed by atoms with E-state index < -0.39 is 0 Å². The zero-order valence-corrected chi connectivity index (χ0v) is 16.7. The molecule has 2 aromatic heterocycles. The van der Waals surface area contributed by atoms with Crippen molar-refractivity contribution in [2.45, 2.75) is 19.4 Å². The van der Waals surface area contributed by atoms with Gasteiger partial charge in [0.25, 0.3) is 0 Å². The monoisotopic (exact) mass is 396 g/mol. The molecule has 0 radical (unpaired) electrons. The molecule has 0 saturated carbocycles. The Morgan fingerprint density at radius 3 is 2.55 bits per heavy atom. The highest BCUT2D eigenvalue weighted by Gasteiger charge is 2.16. The van der Waals surface area contributed by atoms with Gasteiger partial charge in [-0.2, -0.15) is 9.97 Å². The van der Waals surface area contributed by atoms with Crippen LogP contribution in [0.15, 0.2) is 42.9 Å². The van der Waals surface area contributed by atoms with Gasteiger partial charge in [0.1, 0.15) is 23.3 Å². The van der Waals surface area contributed by atoms with Gasteiger partial charge >= 0.3 is 0 Å². The number of aromatic nitrogens is 4. The molecule has 0 aliphatic carbocycles. The summed E-state index contributed by atoms with van der Waals surface area (Å²) in [5, 5.41) is 6.41. The smallest absolute Gasteiger partial charge is 0.227 e. The molecule has 8 nitrogen and oxygen atoms in total. The zero-order valence-electron chi connectivity index (χ0n) is 16.7. The van der Waals surface area contributed by atoms with Crippen molar-refractivity contribution in [2.75, 3.05) is 37.0 Å². The maximum Gasteiger partial charge on any atom is 0.227 e. The number of hydrogen-bond acceptors (Lipinski definition) is 8. The Kier molecular flexibility index (Phi) is 6.50. The van der Waals surface area contributed by atoms with Crippen LogP contribution in [0.2, 0.25) is 0 Å². The molecule has 29 heavy (non-hydrogen) atoms. The summed E-state index contributed by atoms with van der Waals surface area (Å²) < 4.78 is 13.2. The third-order valence-corrected chi connectivity index (χ3v) is 4.37. The highest BCUT2D eigenvalue weighted by molar-refractivity contribution is 5.64. The molecule has 0 amide bonds. The Morgan fingerprint density at radius 1 is 1.14 bits per heavy atom. The largest absolute Gasteiger partial charge is 0.383 e. The quantitative estimate of drug-likeness (QED) is 0.534. The third kappa shape index (κ3) is 5.58. The summed E-state index contributed by atoms with van der Waals surface area (Å²) in [6.45, 7) is 2.74. The molecule has 2 heterocycles. The summed E-state index contributed by atoms with van der Waals surface area (Å²) in [4.78, 5) is 19.4. The van der Waals surface area contributed by atoms with Crippen LogP contribution in [0.4, 0.5) is 27.8 Å². The van der Waals surface area contributed by atoms with E-state index >= 15 is 0 Å². The number of halogens is 1. The fourth-order valence-electron chi connectivity index (χ4n) is 2.76. The Balaban J connectivity index is 1.88. The predicted octanol–water partition coefficient (Wildman–Crippen LogP) is 3.01. The second kappa shape index (κ2) is 9.24. The topological polar surface area (TPSA) is 105 Å². The Hall–Kier alpha value is -3.33. The molecule has 1 aromatic carbocycles. The van der Waals surface area contributed by atoms with Crippen LogP contribution >= 0.6 is 0 Å². The van der Waals surface area contributed by atoms with Crippen molar-refractivity contribution in [3.05, 3.63) is 59.8 Å². The molecule has 0 saturated heterocycles. The number of likely N-dealkylation sites (N-methyl/N-ethyl adjacent to an activating group) is 1. The number of nitrogen functional groups attached to an aromatic ring is 1. The number of nitrogens with zero attached hydrogens (tertiary/aromatic N) is 5. The third-order valence-electron chi connectivity index (χ3n) is 4.37. The summed E-state index contributed by atoms with van der Waals surface area (Å²) in [6.07, 6.45) is 5.49. The lowest BCUT2D eigenvalue weighted by atomic mass is 10.1. The van der Waals surface area contributed by atoms with Crippen LogP contribution in [-0.2, 0) is 6.42 Å². The average molecular weight is 396 g/mol. The summed E-state index contributed by atoms with van der Waals surface area (Å²) in [5.74, 6) is 1.63. The van der Waals surface area contributed by atoms with Crippen LogP contribution in [0.5, 0.6) is 0 Å². The summed E-state index contributed by atoms with van der Waals surface area (Å²) in [5.41, 5.74) is 7.98. The standard InChI is InChI=1S/C20H25FN8/c1-13(14-4-6-15(21)7-5-14)25-20-27-18(22)16(8-11-29(2)3)19(28-20)26-17-12-23-9-10-24-17/h4-7,9-10,12-13H,8,11H2,1-3H3,(H4,22,24,25,26,27,28). The Morgan fingerprint density at radius 2 is 1.90 bits per heavy atom. The molecule has 152 valence electrons. The molecular formula is C20H25FN8. The predicted molar refractivity (Wildman–Crippen MR) is 112 cm³/mol. The van der Waals surface area contributed by atoms with Crippen LogP contribution in [0, 0.1) is 5.82 Å². The van der Waals surface area contributed by atoms with Gasteiger partial charge in [-0.3, -0.25) is 4.98 Å². The lowest BCUT2D eigenvalue weighted by Gasteiger charge is -2.19. The minimum atomic E-state index is -0.276. The van der Waals surface area contributed by atoms with E-state index in [0.717, 1.165) is 17.7 Å². The van der Waals surface area contributed by atoms with Gasteiger partial charge in [0.2, 0.25) is 5.95 Å². The van der Waals surface area contributed by atoms with Crippen LogP contribution in [0.25, 0.3) is 0 Å². The summed E-state index contributed by atoms with van der Waals surface area (Å²) in [7, 11) is 3.99. The lowest BCUT2D eigenvalue weighted by molar-refractivity contribution is 0.414. The lowest BCUT2D eigenvalue weighted by Crippen LogP contribution is -2.18. The van der Waals surface area contributed by atoms with E-state index in [1.807, 2.05) is 21.0 Å². The first kappa shape index (κ1) is 20.4. The van der Waals surface area contributed by atoms with Gasteiger partial charge in [0, 0.05) is 24.5 Å². The van der Waals surface area contributed by atoms with Crippen molar-refractivity contribution in [1.29, 1.82) is 0 Å². The van der Waals surface area contributed by atoms with Gasteiger partial charge in [0.05, 0.1) is 12.2 Å². The van der Waals surface area contributed by atoms with Crippen molar-refractivity contribution in [2.24, 2.45) is 0 Å². The van der Waals surface area contributed by atoms with Crippen LogP contribution in [0.1, 0.15) is 24.1 Å². The summed E-state index contributed by atoms with van der Waals surface area (Å²) in [6, 6.07) is 6.16. The van der Waals surface area contributed by atoms with E-state index in [2.05, 4.69) is 35.5 Å². The number of hydrogen-bond donors (Lipinski definition) is 3. The first-order valence-corrected chi connectivity index (χ1v) is 9.28. The second-order valence-electron chi connectivity index (χ2n) is 6.95. The van der Waals surface area contributed by atoms with Gasteiger partial charge in [-0.25, -0.2) is 9.37 Å². The van der Waals surface area contributed by atoms with Gasteiger partial charge < -0.3 is 21.3 Å². The van der Waals surface area contributed by atoms with Crippen LogP contribution in [0.3, 0.4) is 0 Å². The highest BCUT2D eigenvalue weighted by Crippen LogP contribution is 2.26. The zero-order chi connectivity index (χ0) is 20.8. The van der Waals surface area contributed by atoms with Gasteiger partial charge in [-0.1, -0.05) is 12.1 Å². The van der Waals surface area contributed by atoms with E-state index in [0.29, 0.717) is 29.8 Å². The molecule has 0 spiro atoms. The first-order valence-electron chi connectivity index (χ1n) is 9.28. The van der Waals surface area contributed by atoms with E-state index in [9.17, 15) is 4.39 Å². The highest BCUT2D eigenvalue weighted by atomic mass is 19.1. The van der Waals surface area contributed by atoms with Crippen molar-refractivity contribution in [3.8, 4) is 0 Å². The average Bonchev–Trinajstić information content (AvgIpc) is 2.68. The van der Waals surface area contributed by atoms with Crippen LogP contribution < -0.4 is 16.4 Å². The molecule has 1 atom stereocenters. The van der Waals surface area contributed by atoms with Gasteiger partial charge in [0.15, 0.2) is 0 Å². The molecule has 9 heteroatoms. The minimum absolute atomic E-state index is 0.132. The number of benzene rings is 1. The van der Waals surface area contributed by atoms with E-state index in [1.54, 1.807) is 30.7 Å². The first-order chi connectivity index (χ1) is 13.9. The SMILES string of the molecule is CC(Nc1nc(N)c(CCN(C)C)c(Nc2cnccn2)n1)c1ccc(F)cc1. The second-order valence-corrected chi connectivity index (χ2v) is 6.95. The van der Waals surface area contributed by atoms with Crippen molar-refractivity contribution < 1.29 is 4.39 Å². The van der Waals surface area contributed by atoms with Crippen LogP contribution in [-0.4, -0.2) is 45.5 Å². The molecule has 3 rings (SSSR count). The maximum absolute atomic E-state index is 13.2. The molecule has 0 fully saturated rings. The van der Waals surface area contributed by atoms with Crippen molar-refractivity contribution in [3.63, 3.8) is 0 Å². The van der Waals surface area contributed by atoms with Crippen molar-refractivity contribution in [1.82, 2.24) is 24.8 Å². The van der Waals surface area contributed by atoms with E-state index in [1.165, 1.54) is 12.1 Å². The van der Waals surface area contributed by atoms with E-state index in [4.69, 9.17) is 5.73 Å². The molecule has 0 aliphatic heterocycles. The van der Waals surface area contributed by atoms with Crippen molar-refractivity contribution >= 4 is 23.4 Å². The van der Waals surface area contributed by atoms with E-state index in [-0.39, 0.29) is 11.9 Å². The molecule has 0 bridgehead atoms. The number of nitrogens with one attached hydrogen (secondary N) is 2. The fraction of sp³-hybridized carbons (Fsp3) is 0.300. The Bertz CT molecular complexity index is 931. The molecular weight excluding hydrogens is 371 g/mol. The van der Waals surface area contributed by atoms with Gasteiger partial charge in [-0.15, -0.1) is 0 Å². The number of anilines is 4. The molecule has 3 aromatic rings.